The molecule has 0 aromatic heterocycles. The summed E-state index contributed by atoms with van der Waals surface area (Å²) in [6.45, 7) is -0.254. The predicted octanol–water partition coefficient (Wildman–Crippen LogP) is -0.538. The van der Waals surface area contributed by atoms with Crippen molar-refractivity contribution in [1.29, 1.82) is 0 Å². The van der Waals surface area contributed by atoms with Gasteiger partial charge in [0.25, 0.3) is 0 Å². The van der Waals surface area contributed by atoms with Crippen LogP contribution in [-0.4, -0.2) is 85.7 Å². The average molecular weight is 388 g/mol. The van der Waals surface area contributed by atoms with E-state index in [1.807, 2.05) is 12.1 Å². The van der Waals surface area contributed by atoms with Crippen LogP contribution >= 0.6 is 0 Å². The summed E-state index contributed by atoms with van der Waals surface area (Å²) in [4.78, 5) is 0. The Morgan fingerprint density at radius 3 is 2.07 bits per heavy atom. The molecule has 0 amide bonds. The highest BCUT2D eigenvalue weighted by Crippen LogP contribution is 2.38. The van der Waals surface area contributed by atoms with Crippen LogP contribution in [0.3, 0.4) is 0 Å². The Morgan fingerprint density at radius 2 is 1.56 bits per heavy atom. The van der Waals surface area contributed by atoms with E-state index in [4.69, 9.17) is 23.7 Å². The first-order valence-corrected chi connectivity index (χ1v) is 8.67. The second kappa shape index (κ2) is 10.1. The van der Waals surface area contributed by atoms with Gasteiger partial charge in [0.15, 0.2) is 17.8 Å². The van der Waals surface area contributed by atoms with Crippen LogP contribution < -0.4 is 14.2 Å². The summed E-state index contributed by atoms with van der Waals surface area (Å²) in [6.07, 6.45) is -5.13. The quantitative estimate of drug-likeness (QED) is 0.413. The zero-order chi connectivity index (χ0) is 20.0. The predicted molar refractivity (Wildman–Crippen MR) is 94.1 cm³/mol. The summed E-state index contributed by atoms with van der Waals surface area (Å²) >= 11 is 0. The standard InChI is InChI=1S/C18H28O9/c1-23-11-7-10(8-12(24-2)17(11)25-3)5-4-6-26-18-16(22)15(21)14(20)13(9-19)27-18/h7-8,13-16,18-22H,4-6,9H2,1-3H3/t13-,14-,15+,16-,18-/m1/s1. The molecule has 154 valence electrons. The van der Waals surface area contributed by atoms with Crippen molar-refractivity contribution in [2.45, 2.75) is 43.5 Å². The van der Waals surface area contributed by atoms with Gasteiger partial charge < -0.3 is 44.1 Å². The molecule has 1 aliphatic rings. The van der Waals surface area contributed by atoms with Gasteiger partial charge in [-0.15, -0.1) is 0 Å². The van der Waals surface area contributed by atoms with Crippen LogP contribution in [0.15, 0.2) is 12.1 Å². The third-order valence-corrected chi connectivity index (χ3v) is 4.46. The molecular weight excluding hydrogens is 360 g/mol. The smallest absolute Gasteiger partial charge is 0.203 e. The molecule has 2 rings (SSSR count). The summed E-state index contributed by atoms with van der Waals surface area (Å²) in [5.41, 5.74) is 0.946. The first-order valence-electron chi connectivity index (χ1n) is 8.67. The third kappa shape index (κ3) is 5.01. The molecule has 9 nitrogen and oxygen atoms in total. The fraction of sp³-hybridized carbons (Fsp3) is 0.667. The molecule has 0 unspecified atom stereocenters. The van der Waals surface area contributed by atoms with Gasteiger partial charge >= 0.3 is 0 Å². The lowest BCUT2D eigenvalue weighted by Crippen LogP contribution is -2.59. The van der Waals surface area contributed by atoms with Crippen molar-refractivity contribution in [3.8, 4) is 17.2 Å². The number of ether oxygens (including phenoxy) is 5. The van der Waals surface area contributed by atoms with Crippen molar-refractivity contribution < 1.29 is 44.1 Å². The van der Waals surface area contributed by atoms with Gasteiger partial charge in [-0.1, -0.05) is 0 Å². The van der Waals surface area contributed by atoms with Crippen LogP contribution in [-0.2, 0) is 15.9 Å². The minimum absolute atomic E-state index is 0.235. The number of aliphatic hydroxyl groups excluding tert-OH is 4. The molecule has 5 atom stereocenters. The van der Waals surface area contributed by atoms with Crippen molar-refractivity contribution in [3.05, 3.63) is 17.7 Å². The van der Waals surface area contributed by atoms with Gasteiger partial charge in [-0.3, -0.25) is 0 Å². The number of methoxy groups -OCH3 is 3. The Balaban J connectivity index is 1.91. The van der Waals surface area contributed by atoms with Crippen LogP contribution in [0.2, 0.25) is 0 Å². The van der Waals surface area contributed by atoms with E-state index in [0.29, 0.717) is 30.1 Å². The highest BCUT2D eigenvalue weighted by molar-refractivity contribution is 5.53. The van der Waals surface area contributed by atoms with E-state index in [0.717, 1.165) is 5.56 Å². The molecular formula is C18H28O9. The maximum atomic E-state index is 9.94. The van der Waals surface area contributed by atoms with Crippen LogP contribution in [0.4, 0.5) is 0 Å². The summed E-state index contributed by atoms with van der Waals surface area (Å²) in [5, 5.41) is 38.6. The highest BCUT2D eigenvalue weighted by atomic mass is 16.7. The molecule has 1 aromatic rings. The molecule has 0 spiro atoms. The highest BCUT2D eigenvalue weighted by Gasteiger charge is 2.43. The van der Waals surface area contributed by atoms with Crippen LogP contribution in [0.1, 0.15) is 12.0 Å². The molecule has 0 saturated carbocycles. The van der Waals surface area contributed by atoms with Crippen LogP contribution in [0.5, 0.6) is 17.2 Å². The summed E-state index contributed by atoms with van der Waals surface area (Å²) in [6, 6.07) is 3.68. The van der Waals surface area contributed by atoms with Crippen molar-refractivity contribution in [3.63, 3.8) is 0 Å². The van der Waals surface area contributed by atoms with Gasteiger partial charge in [0.2, 0.25) is 5.75 Å². The van der Waals surface area contributed by atoms with Gasteiger partial charge in [-0.05, 0) is 30.5 Å². The molecule has 1 aromatic carbocycles. The fourth-order valence-electron chi connectivity index (χ4n) is 2.96. The van der Waals surface area contributed by atoms with Gasteiger partial charge in [-0.25, -0.2) is 0 Å². The Kier molecular flexibility index (Phi) is 8.08. The van der Waals surface area contributed by atoms with Crippen molar-refractivity contribution >= 4 is 0 Å². The molecule has 0 bridgehead atoms. The second-order valence-corrected chi connectivity index (χ2v) is 6.21. The van der Waals surface area contributed by atoms with Gasteiger partial charge in [0.05, 0.1) is 34.5 Å². The first kappa shape index (κ1) is 21.7. The maximum absolute atomic E-state index is 9.94. The Labute approximate surface area is 158 Å². The van der Waals surface area contributed by atoms with E-state index in [2.05, 4.69) is 0 Å². The first-order chi connectivity index (χ1) is 13.0. The molecule has 9 heteroatoms. The lowest BCUT2D eigenvalue weighted by Gasteiger charge is -2.39. The number of aliphatic hydroxyl groups is 4. The minimum atomic E-state index is -1.45. The molecule has 1 saturated heterocycles. The topological polar surface area (TPSA) is 127 Å². The SMILES string of the molecule is COc1cc(CCCO[C@@H]2O[C@H](CO)[C@@H](O)[C@H](O)[C@H]2O)cc(OC)c1OC. The molecule has 1 aliphatic heterocycles. The molecule has 4 N–H and O–H groups in total. The van der Waals surface area contributed by atoms with Crippen LogP contribution in [0.25, 0.3) is 0 Å². The fourth-order valence-corrected chi connectivity index (χ4v) is 2.96. The number of aryl methyl sites for hydroxylation is 1. The normalized spacial score (nSPS) is 28.0. The average Bonchev–Trinajstić information content (AvgIpc) is 2.69. The zero-order valence-corrected chi connectivity index (χ0v) is 15.7. The van der Waals surface area contributed by atoms with Crippen LogP contribution in [0, 0.1) is 0 Å². The van der Waals surface area contributed by atoms with E-state index >= 15 is 0 Å². The van der Waals surface area contributed by atoms with Crippen molar-refractivity contribution in [2.75, 3.05) is 34.5 Å². The lowest BCUT2D eigenvalue weighted by molar-refractivity contribution is -0.301. The summed E-state index contributed by atoms with van der Waals surface area (Å²) in [7, 11) is 4.63. The zero-order valence-electron chi connectivity index (χ0n) is 15.7. The Morgan fingerprint density at radius 1 is 0.926 bits per heavy atom. The summed E-state index contributed by atoms with van der Waals surface area (Å²) in [5.74, 6) is 1.63. The largest absolute Gasteiger partial charge is 0.493 e. The van der Waals surface area contributed by atoms with Crippen molar-refractivity contribution in [1.82, 2.24) is 0 Å². The molecule has 27 heavy (non-hydrogen) atoms. The molecule has 0 radical (unpaired) electrons. The Bertz CT molecular complexity index is 567. The van der Waals surface area contributed by atoms with Crippen molar-refractivity contribution in [2.24, 2.45) is 0 Å². The molecule has 1 fully saturated rings. The van der Waals surface area contributed by atoms with Gasteiger partial charge in [0, 0.05) is 0 Å². The lowest BCUT2D eigenvalue weighted by atomic mass is 9.99. The van der Waals surface area contributed by atoms with E-state index in [9.17, 15) is 20.4 Å². The van der Waals surface area contributed by atoms with E-state index in [1.165, 1.54) is 7.11 Å². The molecule has 0 aliphatic carbocycles. The maximum Gasteiger partial charge on any atom is 0.203 e. The van der Waals surface area contributed by atoms with E-state index < -0.39 is 37.3 Å². The summed E-state index contributed by atoms with van der Waals surface area (Å²) < 4.78 is 26.7. The second-order valence-electron chi connectivity index (χ2n) is 6.21. The number of rotatable bonds is 9. The number of benzene rings is 1. The third-order valence-electron chi connectivity index (χ3n) is 4.46. The molecule has 1 heterocycles. The Hall–Kier alpha value is -1.62. The van der Waals surface area contributed by atoms with E-state index in [1.54, 1.807) is 14.2 Å². The number of hydrogen-bond acceptors (Lipinski definition) is 9. The monoisotopic (exact) mass is 388 g/mol. The van der Waals surface area contributed by atoms with Gasteiger partial charge in [-0.2, -0.15) is 0 Å². The minimum Gasteiger partial charge on any atom is -0.493 e. The number of hydrogen-bond donors (Lipinski definition) is 4. The van der Waals surface area contributed by atoms with Gasteiger partial charge in [0.1, 0.15) is 24.4 Å². The van der Waals surface area contributed by atoms with E-state index in [-0.39, 0.29) is 6.61 Å².